The molecule has 0 unspecified atom stereocenters. The van der Waals surface area contributed by atoms with Crippen molar-refractivity contribution in [1.82, 2.24) is 0 Å². The van der Waals surface area contributed by atoms with Crippen LogP contribution in [0, 0.1) is 10.8 Å². The van der Waals surface area contributed by atoms with E-state index in [0.29, 0.717) is 0 Å². The largest absolute Gasteiger partial charge is 0.396 e. The number of nitrogens with one attached hydrogen (secondary N) is 2. The first-order valence-electron chi connectivity index (χ1n) is 7.57. The first-order chi connectivity index (χ1) is 12.2. The van der Waals surface area contributed by atoms with E-state index in [-0.39, 0.29) is 13.2 Å². The number of hydrogen-bond donors (Lipinski definition) is 4. The summed E-state index contributed by atoms with van der Waals surface area (Å²) in [7, 11) is 0. The van der Waals surface area contributed by atoms with E-state index in [1.807, 2.05) is 0 Å². The molecule has 0 aliphatic heterocycles. The standard InChI is InChI=1S/C13H12.C4H10O2.2CHNO/c1-3-7-12(8-4-1)11-13-9-5-2-6-10-13;5-3-1-2-4-6;2*2-1-3/h1-10H,11H2;5-6H,1-4H2;2*2H. The number of benzene rings is 2. The number of aliphatic hydroxyl groups excluding tert-OH is 2. The number of aliphatic hydroxyl groups is 2. The second-order valence-corrected chi connectivity index (χ2v) is 4.51. The van der Waals surface area contributed by atoms with Gasteiger partial charge in [-0.25, -0.2) is 20.4 Å². The zero-order valence-corrected chi connectivity index (χ0v) is 14.0. The molecule has 2 aromatic rings. The molecule has 0 spiro atoms. The van der Waals surface area contributed by atoms with Crippen LogP contribution in [0.5, 0.6) is 0 Å². The summed E-state index contributed by atoms with van der Waals surface area (Å²) in [6, 6.07) is 21.1. The Balaban J connectivity index is 0. The quantitative estimate of drug-likeness (QED) is 0.378. The Morgan fingerprint density at radius 3 is 1.20 bits per heavy atom. The van der Waals surface area contributed by atoms with Crippen LogP contribution in [0.3, 0.4) is 0 Å². The number of hydrogen-bond acceptors (Lipinski definition) is 6. The third kappa shape index (κ3) is 19.1. The normalized spacial score (nSPS) is 7.92. The zero-order valence-electron chi connectivity index (χ0n) is 14.0. The Morgan fingerprint density at radius 2 is 0.960 bits per heavy atom. The highest BCUT2D eigenvalue weighted by Gasteiger charge is 1.92. The van der Waals surface area contributed by atoms with E-state index < -0.39 is 0 Å². The van der Waals surface area contributed by atoms with Crippen LogP contribution in [-0.2, 0) is 16.0 Å². The molecule has 134 valence electrons. The second-order valence-electron chi connectivity index (χ2n) is 4.51. The Bertz CT molecular complexity index is 523. The maximum Gasteiger partial charge on any atom is 0.231 e. The molecule has 6 heteroatoms. The van der Waals surface area contributed by atoms with E-state index in [2.05, 4.69) is 60.7 Å². The zero-order chi connectivity index (χ0) is 19.2. The van der Waals surface area contributed by atoms with Crippen molar-refractivity contribution in [3.8, 4) is 0 Å². The molecule has 0 radical (unpaired) electrons. The molecular weight excluding hydrogens is 320 g/mol. The van der Waals surface area contributed by atoms with Gasteiger partial charge in [-0.2, -0.15) is 0 Å². The molecule has 0 atom stereocenters. The van der Waals surface area contributed by atoms with E-state index in [0.717, 1.165) is 31.4 Å². The van der Waals surface area contributed by atoms with Gasteiger partial charge in [0.25, 0.3) is 0 Å². The Kier molecular flexibility index (Phi) is 20.6. The third-order valence-corrected chi connectivity index (χ3v) is 2.66. The average Bonchev–Trinajstić information content (AvgIpc) is 2.64. The van der Waals surface area contributed by atoms with Crippen LogP contribution in [0.1, 0.15) is 24.0 Å². The maximum absolute atomic E-state index is 8.35. The van der Waals surface area contributed by atoms with Crippen molar-refractivity contribution in [3.63, 3.8) is 0 Å². The first-order valence-corrected chi connectivity index (χ1v) is 7.57. The summed E-state index contributed by atoms with van der Waals surface area (Å²) in [5.74, 6) is 0. The summed E-state index contributed by atoms with van der Waals surface area (Å²) in [4.78, 5) is 16.7. The van der Waals surface area contributed by atoms with Crippen LogP contribution < -0.4 is 0 Å². The highest BCUT2D eigenvalue weighted by molar-refractivity contribution is 5.26. The molecular formula is C19H24N2O4. The fourth-order valence-corrected chi connectivity index (χ4v) is 1.65. The number of isocyanates is 2. The summed E-state index contributed by atoms with van der Waals surface area (Å²) >= 11 is 0. The minimum absolute atomic E-state index is 0.195. The van der Waals surface area contributed by atoms with Gasteiger partial charge in [-0.3, -0.25) is 0 Å². The van der Waals surface area contributed by atoms with Crippen LogP contribution >= 0.6 is 0 Å². The molecule has 6 nitrogen and oxygen atoms in total. The van der Waals surface area contributed by atoms with Crippen molar-refractivity contribution in [2.75, 3.05) is 13.2 Å². The lowest BCUT2D eigenvalue weighted by Crippen LogP contribution is -1.85. The summed E-state index contributed by atoms with van der Waals surface area (Å²) in [6.45, 7) is 0.390. The van der Waals surface area contributed by atoms with Gasteiger partial charge >= 0.3 is 0 Å². The molecule has 4 N–H and O–H groups in total. The molecule has 0 aliphatic carbocycles. The fraction of sp³-hybridized carbons (Fsp3) is 0.263. The van der Waals surface area contributed by atoms with E-state index in [1.165, 1.54) is 11.1 Å². The van der Waals surface area contributed by atoms with E-state index in [4.69, 9.17) is 30.6 Å². The van der Waals surface area contributed by atoms with Crippen molar-refractivity contribution in [1.29, 1.82) is 10.8 Å². The van der Waals surface area contributed by atoms with Gasteiger partial charge in [-0.15, -0.1) is 0 Å². The molecule has 2 rings (SSSR count). The lowest BCUT2D eigenvalue weighted by Gasteiger charge is -2.00. The molecule has 2 aromatic carbocycles. The van der Waals surface area contributed by atoms with Gasteiger partial charge in [0.15, 0.2) is 0 Å². The Morgan fingerprint density at radius 1 is 0.680 bits per heavy atom. The van der Waals surface area contributed by atoms with E-state index >= 15 is 0 Å². The summed E-state index contributed by atoms with van der Waals surface area (Å²) < 4.78 is 0. The molecule has 0 fully saturated rings. The topological polar surface area (TPSA) is 122 Å². The number of carbonyl (C=O) groups excluding carboxylic acids is 2. The minimum atomic E-state index is 0.195. The lowest BCUT2D eigenvalue weighted by molar-refractivity contribution is 0.242. The monoisotopic (exact) mass is 344 g/mol. The smallest absolute Gasteiger partial charge is 0.231 e. The van der Waals surface area contributed by atoms with Crippen molar-refractivity contribution in [3.05, 3.63) is 71.8 Å². The van der Waals surface area contributed by atoms with Gasteiger partial charge in [0.05, 0.1) is 0 Å². The molecule has 0 heterocycles. The van der Waals surface area contributed by atoms with Gasteiger partial charge in [0.2, 0.25) is 12.2 Å². The first kappa shape index (κ1) is 24.4. The molecule has 0 aliphatic rings. The molecule has 25 heavy (non-hydrogen) atoms. The second kappa shape index (κ2) is 21.1. The summed E-state index contributed by atoms with van der Waals surface area (Å²) in [6.07, 6.45) is 3.97. The maximum atomic E-state index is 8.35. The molecule has 0 bridgehead atoms. The lowest BCUT2D eigenvalue weighted by atomic mass is 10.1. The van der Waals surface area contributed by atoms with Crippen LogP contribution in [0.25, 0.3) is 0 Å². The molecule has 0 saturated carbocycles. The summed E-state index contributed by atoms with van der Waals surface area (Å²) in [5.41, 5.74) is 2.74. The van der Waals surface area contributed by atoms with Crippen molar-refractivity contribution in [2.45, 2.75) is 19.3 Å². The van der Waals surface area contributed by atoms with Crippen LogP contribution in [0.4, 0.5) is 0 Å². The van der Waals surface area contributed by atoms with Crippen LogP contribution in [0.15, 0.2) is 60.7 Å². The van der Waals surface area contributed by atoms with Gasteiger partial charge < -0.3 is 10.2 Å². The van der Waals surface area contributed by atoms with Crippen molar-refractivity contribution < 1.29 is 19.8 Å². The fourth-order valence-electron chi connectivity index (χ4n) is 1.65. The Labute approximate surface area is 147 Å². The average molecular weight is 344 g/mol. The predicted molar refractivity (Wildman–Crippen MR) is 95.9 cm³/mol. The van der Waals surface area contributed by atoms with Crippen molar-refractivity contribution >= 4 is 12.2 Å². The SMILES string of the molecule is N=C=O.N=C=O.OCCCCO.c1ccc(Cc2ccccc2)cc1. The highest BCUT2D eigenvalue weighted by Crippen LogP contribution is 2.07. The predicted octanol–water partition coefficient (Wildman–Crippen LogP) is 2.83. The third-order valence-electron chi connectivity index (χ3n) is 2.66. The molecule has 0 aromatic heterocycles. The molecule has 0 amide bonds. The summed E-state index contributed by atoms with van der Waals surface area (Å²) in [5, 5.41) is 27.0. The van der Waals surface area contributed by atoms with Crippen LogP contribution in [-0.4, -0.2) is 35.6 Å². The van der Waals surface area contributed by atoms with Gasteiger partial charge in [-0.05, 0) is 30.4 Å². The highest BCUT2D eigenvalue weighted by atomic mass is 16.3. The number of rotatable bonds is 5. The Hall–Kier alpha value is -2.88. The number of unbranched alkanes of at least 4 members (excludes halogenated alkanes) is 1. The van der Waals surface area contributed by atoms with Gasteiger partial charge in [-0.1, -0.05) is 60.7 Å². The molecule has 0 saturated heterocycles. The van der Waals surface area contributed by atoms with E-state index in [9.17, 15) is 0 Å². The van der Waals surface area contributed by atoms with Gasteiger partial charge in [0.1, 0.15) is 0 Å². The van der Waals surface area contributed by atoms with Gasteiger partial charge in [0, 0.05) is 13.2 Å². The van der Waals surface area contributed by atoms with Crippen molar-refractivity contribution in [2.24, 2.45) is 0 Å². The van der Waals surface area contributed by atoms with E-state index in [1.54, 1.807) is 0 Å². The minimum Gasteiger partial charge on any atom is -0.396 e. The van der Waals surface area contributed by atoms with Crippen LogP contribution in [0.2, 0.25) is 0 Å².